The minimum absolute atomic E-state index is 0.110. The molecule has 0 N–H and O–H groups in total. The number of carbonyl (C=O) groups excluding carboxylic acids is 1. The van der Waals surface area contributed by atoms with Gasteiger partial charge in [0.25, 0.3) is 5.91 Å². The first-order valence-electron chi connectivity index (χ1n) is 10.6. The van der Waals surface area contributed by atoms with Crippen LogP contribution in [-0.4, -0.2) is 10.8 Å². The van der Waals surface area contributed by atoms with E-state index in [-0.39, 0.29) is 17.1 Å². The maximum Gasteiger partial charge on any atom is 0.291 e. The molecule has 0 fully saturated rings. The first kappa shape index (κ1) is 20.5. The summed E-state index contributed by atoms with van der Waals surface area (Å²) in [7, 11) is 0. The third-order valence-corrected chi connectivity index (χ3v) is 6.28. The normalized spacial score (nSPS) is 15.6. The van der Waals surface area contributed by atoms with Crippen molar-refractivity contribution in [1.29, 1.82) is 0 Å². The monoisotopic (exact) mass is 443 g/mol. The molecule has 0 radical (unpaired) electrons. The molecule has 0 aliphatic carbocycles. The third-order valence-electron chi connectivity index (χ3n) is 6.04. The predicted octanol–water partition coefficient (Wildman–Crippen LogP) is 6.32. The lowest BCUT2D eigenvalue weighted by Crippen LogP contribution is -2.29. The highest BCUT2D eigenvalue weighted by atomic mass is 35.5. The molecule has 4 nitrogen and oxygen atoms in total. The summed E-state index contributed by atoms with van der Waals surface area (Å²) in [6.07, 6.45) is 0. The van der Waals surface area contributed by atoms with Crippen LogP contribution in [0.5, 0.6) is 0 Å². The molecule has 1 aliphatic rings. The maximum atomic E-state index is 13.6. The summed E-state index contributed by atoms with van der Waals surface area (Å²) in [4.78, 5) is 28.8. The van der Waals surface area contributed by atoms with Crippen molar-refractivity contribution in [3.8, 4) is 0 Å². The Kier molecular flexibility index (Phi) is 5.10. The van der Waals surface area contributed by atoms with Gasteiger partial charge in [0.1, 0.15) is 5.58 Å². The molecule has 5 rings (SSSR count). The van der Waals surface area contributed by atoms with Crippen molar-refractivity contribution in [3.63, 3.8) is 0 Å². The van der Waals surface area contributed by atoms with E-state index in [0.29, 0.717) is 34.0 Å². The number of amides is 1. The highest BCUT2D eigenvalue weighted by Crippen LogP contribution is 2.39. The number of benzene rings is 3. The Hall–Kier alpha value is -3.37. The van der Waals surface area contributed by atoms with E-state index in [4.69, 9.17) is 16.0 Å². The van der Waals surface area contributed by atoms with Gasteiger partial charge >= 0.3 is 0 Å². The summed E-state index contributed by atoms with van der Waals surface area (Å²) in [6.45, 7) is 4.64. The van der Waals surface area contributed by atoms with E-state index in [2.05, 4.69) is 26.0 Å². The molecule has 0 saturated carbocycles. The van der Waals surface area contributed by atoms with Gasteiger partial charge in [0.15, 0.2) is 5.43 Å². The number of halogens is 1. The van der Waals surface area contributed by atoms with Gasteiger partial charge in [-0.1, -0.05) is 80.0 Å². The van der Waals surface area contributed by atoms with Crippen molar-refractivity contribution in [3.05, 3.63) is 116 Å². The van der Waals surface area contributed by atoms with E-state index in [0.717, 1.165) is 11.1 Å². The van der Waals surface area contributed by atoms with Gasteiger partial charge in [-0.3, -0.25) is 9.59 Å². The summed E-state index contributed by atoms with van der Waals surface area (Å²) < 4.78 is 5.98. The first-order valence-corrected chi connectivity index (χ1v) is 11.0. The number of hydrogen-bond donors (Lipinski definition) is 0. The van der Waals surface area contributed by atoms with Crippen LogP contribution < -0.4 is 5.43 Å². The van der Waals surface area contributed by atoms with Crippen LogP contribution >= 0.6 is 11.6 Å². The average Bonchev–Trinajstić information content (AvgIpc) is 3.07. The zero-order valence-corrected chi connectivity index (χ0v) is 18.6. The topological polar surface area (TPSA) is 50.5 Å². The lowest BCUT2D eigenvalue weighted by atomic mass is 9.95. The third kappa shape index (κ3) is 3.41. The Morgan fingerprint density at radius 2 is 1.69 bits per heavy atom. The lowest BCUT2D eigenvalue weighted by molar-refractivity contribution is 0.0714. The molecular weight excluding hydrogens is 422 g/mol. The van der Waals surface area contributed by atoms with E-state index < -0.39 is 6.04 Å². The number of hydrogen-bond acceptors (Lipinski definition) is 3. The van der Waals surface area contributed by atoms with Crippen LogP contribution in [0.3, 0.4) is 0 Å². The molecule has 0 unspecified atom stereocenters. The van der Waals surface area contributed by atoms with Crippen molar-refractivity contribution in [2.75, 3.05) is 0 Å². The lowest BCUT2D eigenvalue weighted by Gasteiger charge is -2.25. The summed E-state index contributed by atoms with van der Waals surface area (Å²) in [5.74, 6) is 0.215. The Morgan fingerprint density at radius 3 is 2.38 bits per heavy atom. The van der Waals surface area contributed by atoms with Crippen molar-refractivity contribution in [2.45, 2.75) is 32.4 Å². The molecule has 0 bridgehead atoms. The summed E-state index contributed by atoms with van der Waals surface area (Å²) in [5.41, 5.74) is 3.58. The van der Waals surface area contributed by atoms with Crippen molar-refractivity contribution in [1.82, 2.24) is 4.90 Å². The van der Waals surface area contributed by atoms with Gasteiger partial charge in [-0.25, -0.2) is 0 Å². The van der Waals surface area contributed by atoms with E-state index in [1.807, 2.05) is 42.5 Å². The van der Waals surface area contributed by atoms with E-state index >= 15 is 0 Å². The van der Waals surface area contributed by atoms with Crippen LogP contribution in [0.2, 0.25) is 5.02 Å². The molecule has 4 aromatic rings. The Bertz CT molecular complexity index is 1370. The van der Waals surface area contributed by atoms with Crippen molar-refractivity contribution >= 4 is 28.5 Å². The molecule has 32 heavy (non-hydrogen) atoms. The van der Waals surface area contributed by atoms with E-state index in [1.165, 1.54) is 5.56 Å². The predicted molar refractivity (Wildman–Crippen MR) is 126 cm³/mol. The van der Waals surface area contributed by atoms with Gasteiger partial charge in [-0.2, -0.15) is 0 Å². The fourth-order valence-electron chi connectivity index (χ4n) is 4.35. The van der Waals surface area contributed by atoms with Crippen LogP contribution in [0.1, 0.15) is 58.6 Å². The Balaban J connectivity index is 1.71. The molecule has 3 aromatic carbocycles. The highest BCUT2D eigenvalue weighted by Gasteiger charge is 2.42. The zero-order valence-electron chi connectivity index (χ0n) is 17.8. The van der Waals surface area contributed by atoms with Crippen molar-refractivity contribution < 1.29 is 9.21 Å². The average molecular weight is 444 g/mol. The SMILES string of the molecule is CC(C)c1ccc([C@@H]2c3c(oc4ccc(Cl)cc4c3=O)C(=O)N2Cc2ccccc2)cc1. The fraction of sp³-hybridized carbons (Fsp3) is 0.185. The molecule has 1 atom stereocenters. The number of nitrogens with zero attached hydrogens (tertiary/aromatic N) is 1. The Labute approximate surface area is 191 Å². The van der Waals surface area contributed by atoms with E-state index in [1.54, 1.807) is 23.1 Å². The van der Waals surface area contributed by atoms with Crippen LogP contribution in [0.25, 0.3) is 11.0 Å². The second kappa shape index (κ2) is 7.95. The summed E-state index contributed by atoms with van der Waals surface area (Å²) >= 11 is 6.15. The molecule has 0 saturated heterocycles. The van der Waals surface area contributed by atoms with Crippen LogP contribution in [-0.2, 0) is 6.54 Å². The quantitative estimate of drug-likeness (QED) is 0.371. The van der Waals surface area contributed by atoms with Gasteiger partial charge in [0.2, 0.25) is 5.76 Å². The fourth-order valence-corrected chi connectivity index (χ4v) is 4.52. The van der Waals surface area contributed by atoms with Crippen molar-refractivity contribution in [2.24, 2.45) is 0 Å². The molecule has 1 aliphatic heterocycles. The molecule has 1 aromatic heterocycles. The van der Waals surface area contributed by atoms with Crippen LogP contribution in [0.15, 0.2) is 82.0 Å². The number of carbonyl (C=O) groups is 1. The zero-order chi connectivity index (χ0) is 22.4. The molecule has 160 valence electrons. The van der Waals surface area contributed by atoms with Gasteiger partial charge in [0.05, 0.1) is 17.0 Å². The molecule has 2 heterocycles. The van der Waals surface area contributed by atoms with Crippen LogP contribution in [0.4, 0.5) is 0 Å². The minimum Gasteiger partial charge on any atom is -0.450 e. The molecule has 0 spiro atoms. The summed E-state index contributed by atoms with van der Waals surface area (Å²) in [5, 5.41) is 0.836. The maximum absolute atomic E-state index is 13.6. The second-order valence-electron chi connectivity index (χ2n) is 8.46. The highest BCUT2D eigenvalue weighted by molar-refractivity contribution is 6.31. The van der Waals surface area contributed by atoms with Crippen LogP contribution in [0, 0.1) is 0 Å². The van der Waals surface area contributed by atoms with E-state index in [9.17, 15) is 9.59 Å². The summed E-state index contributed by atoms with van der Waals surface area (Å²) in [6, 6.07) is 22.3. The standard InChI is InChI=1S/C27H22ClNO3/c1-16(2)18-8-10-19(11-9-18)24-23-25(30)21-14-20(28)12-13-22(21)32-26(23)27(31)29(24)15-17-6-4-3-5-7-17/h3-14,16,24H,15H2,1-2H3/t24-/m1/s1. The number of fused-ring (bicyclic) bond motifs is 2. The van der Waals surface area contributed by atoms with Gasteiger partial charge in [0, 0.05) is 11.6 Å². The number of rotatable bonds is 4. The molecular formula is C27H22ClNO3. The minimum atomic E-state index is -0.529. The largest absolute Gasteiger partial charge is 0.450 e. The molecule has 5 heteroatoms. The Morgan fingerprint density at radius 1 is 0.969 bits per heavy atom. The van der Waals surface area contributed by atoms with Gasteiger partial charge < -0.3 is 9.32 Å². The first-order chi connectivity index (χ1) is 15.4. The smallest absolute Gasteiger partial charge is 0.291 e. The molecule has 1 amide bonds. The van der Waals surface area contributed by atoms with Gasteiger partial charge in [-0.15, -0.1) is 0 Å². The second-order valence-corrected chi connectivity index (χ2v) is 8.89. The van der Waals surface area contributed by atoms with Gasteiger partial charge in [-0.05, 0) is 40.8 Å².